The standard InChI is InChI=1S/C19H14FN3OS2/c1-26-15-8-6-14(7-9-15)23-18(12-2-4-13(20)5-3-12)22-17(11-25)16(10-21)19(23)24/h2-9,25H,11H2,1H3. The third-order valence-corrected chi connectivity index (χ3v) is 4.90. The van der Waals surface area contributed by atoms with Crippen LogP contribution in [0.15, 0.2) is 58.2 Å². The number of nitrogens with zero attached hydrogens (tertiary/aromatic N) is 3. The van der Waals surface area contributed by atoms with Crippen molar-refractivity contribution in [3.63, 3.8) is 0 Å². The molecule has 0 aliphatic rings. The SMILES string of the molecule is CSc1ccc(-n2c(-c3ccc(F)cc3)nc(CS)c(C#N)c2=O)cc1. The fraction of sp³-hybridized carbons (Fsp3) is 0.105. The van der Waals surface area contributed by atoms with E-state index in [1.54, 1.807) is 36.0 Å². The van der Waals surface area contributed by atoms with E-state index in [4.69, 9.17) is 0 Å². The molecule has 3 rings (SSSR count). The molecule has 0 unspecified atom stereocenters. The van der Waals surface area contributed by atoms with Gasteiger partial charge in [0, 0.05) is 16.2 Å². The summed E-state index contributed by atoms with van der Waals surface area (Å²) in [4.78, 5) is 18.5. The fourth-order valence-electron chi connectivity index (χ4n) is 2.56. The predicted octanol–water partition coefficient (Wildman–Crippen LogP) is 4.06. The van der Waals surface area contributed by atoms with E-state index in [2.05, 4.69) is 17.6 Å². The Bertz CT molecular complexity index is 1040. The van der Waals surface area contributed by atoms with E-state index >= 15 is 0 Å². The molecule has 3 aromatic rings. The monoisotopic (exact) mass is 383 g/mol. The molecular formula is C19H14FN3OS2. The number of hydrogen-bond acceptors (Lipinski definition) is 5. The Morgan fingerprint density at radius 1 is 1.19 bits per heavy atom. The van der Waals surface area contributed by atoms with Crippen LogP contribution in [0, 0.1) is 17.1 Å². The molecule has 0 atom stereocenters. The van der Waals surface area contributed by atoms with E-state index in [1.807, 2.05) is 24.5 Å². The van der Waals surface area contributed by atoms with Crippen molar-refractivity contribution in [2.24, 2.45) is 0 Å². The molecule has 0 N–H and O–H groups in total. The van der Waals surface area contributed by atoms with Gasteiger partial charge >= 0.3 is 0 Å². The van der Waals surface area contributed by atoms with Gasteiger partial charge in [-0.05, 0) is 54.8 Å². The molecule has 1 aromatic heterocycles. The van der Waals surface area contributed by atoms with Gasteiger partial charge in [0.2, 0.25) is 0 Å². The van der Waals surface area contributed by atoms with Crippen LogP contribution in [0.3, 0.4) is 0 Å². The van der Waals surface area contributed by atoms with Crippen molar-refractivity contribution in [2.45, 2.75) is 10.6 Å². The molecular weight excluding hydrogens is 369 g/mol. The molecule has 130 valence electrons. The fourth-order valence-corrected chi connectivity index (χ4v) is 3.19. The Morgan fingerprint density at radius 2 is 1.85 bits per heavy atom. The maximum atomic E-state index is 13.3. The average Bonchev–Trinajstić information content (AvgIpc) is 2.68. The Labute approximate surface area is 159 Å². The Morgan fingerprint density at radius 3 is 2.38 bits per heavy atom. The van der Waals surface area contributed by atoms with Gasteiger partial charge < -0.3 is 0 Å². The first-order valence-electron chi connectivity index (χ1n) is 7.66. The maximum Gasteiger partial charge on any atom is 0.276 e. The lowest BCUT2D eigenvalue weighted by molar-refractivity contribution is 0.628. The zero-order chi connectivity index (χ0) is 18.7. The molecule has 0 radical (unpaired) electrons. The van der Waals surface area contributed by atoms with Crippen LogP contribution >= 0.6 is 24.4 Å². The molecule has 26 heavy (non-hydrogen) atoms. The highest BCUT2D eigenvalue weighted by molar-refractivity contribution is 7.98. The second-order valence-electron chi connectivity index (χ2n) is 5.37. The number of benzene rings is 2. The summed E-state index contributed by atoms with van der Waals surface area (Å²) in [5.74, 6) is 0.114. The first-order chi connectivity index (χ1) is 12.6. The normalized spacial score (nSPS) is 10.5. The van der Waals surface area contributed by atoms with Crippen LogP contribution in [0.4, 0.5) is 4.39 Å². The van der Waals surface area contributed by atoms with E-state index < -0.39 is 5.56 Å². The number of nitriles is 1. The molecule has 7 heteroatoms. The van der Waals surface area contributed by atoms with Crippen LogP contribution in [0.2, 0.25) is 0 Å². The lowest BCUT2D eigenvalue weighted by Crippen LogP contribution is -2.26. The van der Waals surface area contributed by atoms with Crippen LogP contribution in [0.25, 0.3) is 17.1 Å². The Balaban J connectivity index is 2.34. The van der Waals surface area contributed by atoms with E-state index in [-0.39, 0.29) is 17.1 Å². The van der Waals surface area contributed by atoms with Gasteiger partial charge in [-0.1, -0.05) is 0 Å². The van der Waals surface area contributed by atoms with E-state index in [1.165, 1.54) is 16.7 Å². The molecule has 1 heterocycles. The van der Waals surface area contributed by atoms with Crippen molar-refractivity contribution in [1.82, 2.24) is 9.55 Å². The van der Waals surface area contributed by atoms with Crippen molar-refractivity contribution in [2.75, 3.05) is 6.26 Å². The van der Waals surface area contributed by atoms with Crippen molar-refractivity contribution < 1.29 is 4.39 Å². The van der Waals surface area contributed by atoms with Gasteiger partial charge in [0.1, 0.15) is 23.3 Å². The van der Waals surface area contributed by atoms with Gasteiger partial charge in [-0.15, -0.1) is 11.8 Å². The lowest BCUT2D eigenvalue weighted by Gasteiger charge is -2.15. The van der Waals surface area contributed by atoms with Gasteiger partial charge in [0.15, 0.2) is 0 Å². The minimum Gasteiger partial charge on any atom is -0.267 e. The molecule has 0 bridgehead atoms. The number of thiol groups is 1. The summed E-state index contributed by atoms with van der Waals surface area (Å²) < 4.78 is 14.7. The third kappa shape index (κ3) is 3.39. The summed E-state index contributed by atoms with van der Waals surface area (Å²) in [5, 5.41) is 9.39. The molecule has 0 saturated heterocycles. The predicted molar refractivity (Wildman–Crippen MR) is 104 cm³/mol. The molecule has 0 aliphatic carbocycles. The summed E-state index contributed by atoms with van der Waals surface area (Å²) in [6, 6.07) is 15.0. The Kier molecular flexibility index (Phi) is 5.45. The quantitative estimate of drug-likeness (QED) is 0.545. The second-order valence-corrected chi connectivity index (χ2v) is 6.57. The highest BCUT2D eigenvalue weighted by Crippen LogP contribution is 2.23. The van der Waals surface area contributed by atoms with Crippen LogP contribution in [-0.2, 0) is 5.75 Å². The zero-order valence-electron chi connectivity index (χ0n) is 13.8. The van der Waals surface area contributed by atoms with E-state index in [0.29, 0.717) is 22.8 Å². The summed E-state index contributed by atoms with van der Waals surface area (Å²) >= 11 is 5.77. The molecule has 4 nitrogen and oxygen atoms in total. The molecule has 0 fully saturated rings. The first kappa shape index (κ1) is 18.2. The molecule has 0 spiro atoms. The molecule has 0 saturated carbocycles. The summed E-state index contributed by atoms with van der Waals surface area (Å²) in [6.45, 7) is 0. The highest BCUT2D eigenvalue weighted by Gasteiger charge is 2.18. The van der Waals surface area contributed by atoms with Gasteiger partial charge in [0.25, 0.3) is 5.56 Å². The van der Waals surface area contributed by atoms with Crippen LogP contribution in [0.5, 0.6) is 0 Å². The van der Waals surface area contributed by atoms with Crippen LogP contribution in [0.1, 0.15) is 11.3 Å². The smallest absolute Gasteiger partial charge is 0.267 e. The van der Waals surface area contributed by atoms with Gasteiger partial charge in [-0.2, -0.15) is 17.9 Å². The topological polar surface area (TPSA) is 58.7 Å². The zero-order valence-corrected chi connectivity index (χ0v) is 15.5. The summed E-state index contributed by atoms with van der Waals surface area (Å²) in [7, 11) is 0. The van der Waals surface area contributed by atoms with Gasteiger partial charge in [0.05, 0.1) is 11.4 Å². The van der Waals surface area contributed by atoms with Crippen molar-refractivity contribution in [3.05, 3.63) is 76.0 Å². The number of hydrogen-bond donors (Lipinski definition) is 1. The largest absolute Gasteiger partial charge is 0.276 e. The van der Waals surface area contributed by atoms with Crippen molar-refractivity contribution in [1.29, 1.82) is 5.26 Å². The summed E-state index contributed by atoms with van der Waals surface area (Å²) in [6.07, 6.45) is 1.96. The van der Waals surface area contributed by atoms with E-state index in [9.17, 15) is 14.4 Å². The van der Waals surface area contributed by atoms with Gasteiger partial charge in [-0.3, -0.25) is 9.36 Å². The Hall–Kier alpha value is -2.56. The molecule has 0 aliphatic heterocycles. The highest BCUT2D eigenvalue weighted by atomic mass is 32.2. The molecule has 0 amide bonds. The lowest BCUT2D eigenvalue weighted by atomic mass is 10.1. The average molecular weight is 383 g/mol. The number of rotatable bonds is 4. The second kappa shape index (κ2) is 7.77. The first-order valence-corrected chi connectivity index (χ1v) is 9.52. The van der Waals surface area contributed by atoms with Gasteiger partial charge in [-0.25, -0.2) is 9.37 Å². The van der Waals surface area contributed by atoms with E-state index in [0.717, 1.165) is 4.90 Å². The van der Waals surface area contributed by atoms with Crippen molar-refractivity contribution in [3.8, 4) is 23.1 Å². The minimum atomic E-state index is -0.470. The summed E-state index contributed by atoms with van der Waals surface area (Å²) in [5.41, 5.74) is 0.950. The maximum absolute atomic E-state index is 13.3. The third-order valence-electron chi connectivity index (χ3n) is 3.85. The number of thioether (sulfide) groups is 1. The molecule has 2 aromatic carbocycles. The minimum absolute atomic E-state index is 0.0418. The van der Waals surface area contributed by atoms with Crippen LogP contribution < -0.4 is 5.56 Å². The number of aromatic nitrogens is 2. The number of halogens is 1. The van der Waals surface area contributed by atoms with Crippen molar-refractivity contribution >= 4 is 24.4 Å². The van der Waals surface area contributed by atoms with Crippen LogP contribution in [-0.4, -0.2) is 15.8 Å².